The van der Waals surface area contributed by atoms with Gasteiger partial charge >= 0.3 is 0 Å². The van der Waals surface area contributed by atoms with Gasteiger partial charge in [-0.3, -0.25) is 4.79 Å². The minimum atomic E-state index is 0.0939. The molecule has 17 heavy (non-hydrogen) atoms. The van der Waals surface area contributed by atoms with Crippen LogP contribution < -0.4 is 10.6 Å². The van der Waals surface area contributed by atoms with Crippen molar-refractivity contribution in [2.75, 3.05) is 10.6 Å². The van der Waals surface area contributed by atoms with Crippen molar-refractivity contribution >= 4 is 17.3 Å². The predicted molar refractivity (Wildman–Crippen MR) is 73.4 cm³/mol. The molecule has 0 fully saturated rings. The van der Waals surface area contributed by atoms with Crippen LogP contribution in [-0.4, -0.2) is 11.9 Å². The van der Waals surface area contributed by atoms with Crippen LogP contribution in [0.5, 0.6) is 0 Å². The van der Waals surface area contributed by atoms with Crippen LogP contribution in [0.25, 0.3) is 0 Å². The van der Waals surface area contributed by atoms with Crippen LogP contribution >= 0.6 is 0 Å². The minimum absolute atomic E-state index is 0.0939. The molecule has 0 atom stereocenters. The Morgan fingerprint density at radius 1 is 1.18 bits per heavy atom. The van der Waals surface area contributed by atoms with E-state index in [-0.39, 0.29) is 5.91 Å². The van der Waals surface area contributed by atoms with Crippen LogP contribution in [0.2, 0.25) is 0 Å². The fraction of sp³-hybridized carbons (Fsp3) is 0.500. The van der Waals surface area contributed by atoms with Gasteiger partial charge in [-0.05, 0) is 44.5 Å². The lowest BCUT2D eigenvalue weighted by atomic mass is 10.2. The van der Waals surface area contributed by atoms with Gasteiger partial charge in [0.05, 0.1) is 0 Å². The Bertz CT molecular complexity index is 344. The first-order chi connectivity index (χ1) is 8.11. The number of rotatable bonds is 6. The van der Waals surface area contributed by atoms with E-state index < -0.39 is 0 Å². The van der Waals surface area contributed by atoms with Crippen LogP contribution in [-0.2, 0) is 4.79 Å². The number of anilines is 2. The van der Waals surface area contributed by atoms with E-state index in [1.54, 1.807) is 0 Å². The molecule has 0 aromatic heterocycles. The molecule has 0 heterocycles. The Hall–Kier alpha value is -1.51. The summed E-state index contributed by atoms with van der Waals surface area (Å²) in [6, 6.07) is 8.23. The molecule has 1 aromatic carbocycles. The van der Waals surface area contributed by atoms with Crippen molar-refractivity contribution in [3.63, 3.8) is 0 Å². The van der Waals surface area contributed by atoms with E-state index in [1.807, 2.05) is 24.3 Å². The summed E-state index contributed by atoms with van der Waals surface area (Å²) >= 11 is 0. The van der Waals surface area contributed by atoms with Gasteiger partial charge in [0.2, 0.25) is 5.91 Å². The van der Waals surface area contributed by atoms with Gasteiger partial charge in [-0.25, -0.2) is 0 Å². The standard InChI is InChI=1S/C14H22N2O/c1-4-5-6-14(17)16-13-9-7-12(8-10-13)15-11(2)3/h7-11,15H,4-6H2,1-3H3,(H,16,17). The zero-order chi connectivity index (χ0) is 12.7. The second kappa shape index (κ2) is 6.94. The quantitative estimate of drug-likeness (QED) is 0.789. The highest BCUT2D eigenvalue weighted by Gasteiger charge is 2.01. The lowest BCUT2D eigenvalue weighted by Crippen LogP contribution is -2.12. The molecule has 0 saturated carbocycles. The fourth-order valence-electron chi connectivity index (χ4n) is 1.54. The van der Waals surface area contributed by atoms with E-state index in [2.05, 4.69) is 31.4 Å². The van der Waals surface area contributed by atoms with Crippen molar-refractivity contribution in [2.24, 2.45) is 0 Å². The first kappa shape index (κ1) is 13.6. The first-order valence-electron chi connectivity index (χ1n) is 6.28. The second-order valence-corrected chi connectivity index (χ2v) is 4.53. The van der Waals surface area contributed by atoms with E-state index in [0.29, 0.717) is 12.5 Å². The van der Waals surface area contributed by atoms with Gasteiger partial charge in [0, 0.05) is 23.8 Å². The summed E-state index contributed by atoms with van der Waals surface area (Å²) in [5.41, 5.74) is 1.94. The molecule has 0 bridgehead atoms. The second-order valence-electron chi connectivity index (χ2n) is 4.53. The lowest BCUT2D eigenvalue weighted by molar-refractivity contribution is -0.116. The van der Waals surface area contributed by atoms with Gasteiger partial charge in [0.15, 0.2) is 0 Å². The van der Waals surface area contributed by atoms with E-state index >= 15 is 0 Å². The zero-order valence-electron chi connectivity index (χ0n) is 10.9. The summed E-state index contributed by atoms with van der Waals surface area (Å²) in [7, 11) is 0. The average Bonchev–Trinajstić information content (AvgIpc) is 2.28. The summed E-state index contributed by atoms with van der Waals surface area (Å²) in [6.45, 7) is 6.28. The number of nitrogens with one attached hydrogen (secondary N) is 2. The molecule has 94 valence electrons. The van der Waals surface area contributed by atoms with Crippen LogP contribution in [0.1, 0.15) is 40.0 Å². The van der Waals surface area contributed by atoms with Gasteiger partial charge in [-0.2, -0.15) is 0 Å². The Labute approximate surface area is 104 Å². The third-order valence-corrected chi connectivity index (χ3v) is 2.38. The van der Waals surface area contributed by atoms with Crippen molar-refractivity contribution in [1.29, 1.82) is 0 Å². The Morgan fingerprint density at radius 2 is 1.76 bits per heavy atom. The van der Waals surface area contributed by atoms with Crippen molar-refractivity contribution < 1.29 is 4.79 Å². The molecule has 0 spiro atoms. The molecule has 0 aliphatic carbocycles. The summed E-state index contributed by atoms with van der Waals surface area (Å²) in [4.78, 5) is 11.5. The molecule has 2 N–H and O–H groups in total. The smallest absolute Gasteiger partial charge is 0.224 e. The number of hydrogen-bond donors (Lipinski definition) is 2. The number of unbranched alkanes of at least 4 members (excludes halogenated alkanes) is 1. The van der Waals surface area contributed by atoms with Crippen LogP contribution in [0.4, 0.5) is 11.4 Å². The van der Waals surface area contributed by atoms with Gasteiger partial charge in [0.1, 0.15) is 0 Å². The highest BCUT2D eigenvalue weighted by molar-refractivity contribution is 5.90. The fourth-order valence-corrected chi connectivity index (χ4v) is 1.54. The molecule has 3 heteroatoms. The van der Waals surface area contributed by atoms with E-state index in [4.69, 9.17) is 0 Å². The first-order valence-corrected chi connectivity index (χ1v) is 6.28. The molecule has 0 radical (unpaired) electrons. The summed E-state index contributed by atoms with van der Waals surface area (Å²) in [6.07, 6.45) is 2.59. The Balaban J connectivity index is 2.47. The van der Waals surface area contributed by atoms with Gasteiger partial charge in [0.25, 0.3) is 0 Å². The number of amides is 1. The number of hydrogen-bond acceptors (Lipinski definition) is 2. The number of carbonyl (C=O) groups excluding carboxylic acids is 1. The molecule has 0 unspecified atom stereocenters. The molecular formula is C14H22N2O. The third kappa shape index (κ3) is 5.38. The van der Waals surface area contributed by atoms with E-state index in [0.717, 1.165) is 24.2 Å². The number of carbonyl (C=O) groups is 1. The summed E-state index contributed by atoms with van der Waals surface area (Å²) < 4.78 is 0. The Morgan fingerprint density at radius 3 is 2.29 bits per heavy atom. The zero-order valence-corrected chi connectivity index (χ0v) is 10.9. The van der Waals surface area contributed by atoms with Crippen LogP contribution in [0.3, 0.4) is 0 Å². The maximum atomic E-state index is 11.5. The molecule has 1 amide bonds. The average molecular weight is 234 g/mol. The lowest BCUT2D eigenvalue weighted by Gasteiger charge is -2.11. The molecule has 1 rings (SSSR count). The molecular weight excluding hydrogens is 212 g/mol. The van der Waals surface area contributed by atoms with Gasteiger partial charge in [-0.1, -0.05) is 13.3 Å². The normalized spacial score (nSPS) is 10.4. The van der Waals surface area contributed by atoms with Crippen LogP contribution in [0.15, 0.2) is 24.3 Å². The maximum absolute atomic E-state index is 11.5. The molecule has 1 aromatic rings. The monoisotopic (exact) mass is 234 g/mol. The molecule has 0 aliphatic heterocycles. The third-order valence-electron chi connectivity index (χ3n) is 2.38. The van der Waals surface area contributed by atoms with E-state index in [9.17, 15) is 4.79 Å². The number of benzene rings is 1. The molecule has 0 saturated heterocycles. The maximum Gasteiger partial charge on any atom is 0.224 e. The SMILES string of the molecule is CCCCC(=O)Nc1ccc(NC(C)C)cc1. The van der Waals surface area contributed by atoms with Crippen molar-refractivity contribution in [1.82, 2.24) is 0 Å². The van der Waals surface area contributed by atoms with Crippen molar-refractivity contribution in [3.05, 3.63) is 24.3 Å². The minimum Gasteiger partial charge on any atom is -0.383 e. The molecule has 0 aliphatic rings. The van der Waals surface area contributed by atoms with Crippen LogP contribution in [0, 0.1) is 0 Å². The van der Waals surface area contributed by atoms with Crippen molar-refractivity contribution in [3.8, 4) is 0 Å². The summed E-state index contributed by atoms with van der Waals surface area (Å²) in [5, 5.41) is 6.20. The van der Waals surface area contributed by atoms with Crippen molar-refractivity contribution in [2.45, 2.75) is 46.1 Å². The van der Waals surface area contributed by atoms with E-state index in [1.165, 1.54) is 0 Å². The largest absolute Gasteiger partial charge is 0.383 e. The predicted octanol–water partition coefficient (Wildman–Crippen LogP) is 3.64. The van der Waals surface area contributed by atoms with Gasteiger partial charge in [-0.15, -0.1) is 0 Å². The van der Waals surface area contributed by atoms with Gasteiger partial charge < -0.3 is 10.6 Å². The highest BCUT2D eigenvalue weighted by Crippen LogP contribution is 2.14. The Kier molecular flexibility index (Phi) is 5.53. The topological polar surface area (TPSA) is 41.1 Å². The summed E-state index contributed by atoms with van der Waals surface area (Å²) in [5.74, 6) is 0.0939. The highest BCUT2D eigenvalue weighted by atomic mass is 16.1. The molecule has 3 nitrogen and oxygen atoms in total.